The van der Waals surface area contributed by atoms with Crippen LogP contribution in [0.2, 0.25) is 0 Å². The van der Waals surface area contributed by atoms with Gasteiger partial charge in [-0.05, 0) is 43.9 Å². The third kappa shape index (κ3) is 2.30. The zero-order valence-corrected chi connectivity index (χ0v) is 11.7. The fourth-order valence-corrected chi connectivity index (χ4v) is 3.54. The van der Waals surface area contributed by atoms with Crippen LogP contribution in [0, 0.1) is 17.7 Å². The van der Waals surface area contributed by atoms with Crippen LogP contribution in [0.5, 0.6) is 0 Å². The van der Waals surface area contributed by atoms with Crippen LogP contribution in [0.25, 0.3) is 0 Å². The van der Waals surface area contributed by atoms with E-state index in [2.05, 4.69) is 6.42 Å². The largest absolute Gasteiger partial charge is 0.368 e. The topological polar surface area (TPSA) is 63.4 Å². The Hall–Kier alpha value is -1.91. The number of carbonyl (C=O) groups is 2. The summed E-state index contributed by atoms with van der Waals surface area (Å²) in [6.07, 6.45) is 5.90. The van der Waals surface area contributed by atoms with Crippen molar-refractivity contribution in [1.82, 2.24) is 0 Å². The first-order valence-corrected chi connectivity index (χ1v) is 7.24. The van der Waals surface area contributed by atoms with Crippen LogP contribution in [0.1, 0.15) is 32.1 Å². The summed E-state index contributed by atoms with van der Waals surface area (Å²) < 4.78 is 13.4. The predicted molar refractivity (Wildman–Crippen MR) is 76.7 cm³/mol. The molecular weight excluding hydrogens is 271 g/mol. The Bertz CT molecular complexity index is 581. The van der Waals surface area contributed by atoms with E-state index < -0.39 is 23.2 Å². The molecule has 1 aliphatic heterocycles. The monoisotopic (exact) mass is 289 g/mol. The molecule has 1 saturated carbocycles. The molecule has 2 amide bonds. The lowest BCUT2D eigenvalue weighted by molar-refractivity contribution is -0.126. The van der Waals surface area contributed by atoms with E-state index >= 15 is 0 Å². The zero-order valence-electron chi connectivity index (χ0n) is 11.7. The van der Waals surface area contributed by atoms with Gasteiger partial charge in [-0.15, -0.1) is 0 Å². The second-order valence-corrected chi connectivity index (χ2v) is 5.94. The summed E-state index contributed by atoms with van der Waals surface area (Å²) in [7, 11) is 0. The van der Waals surface area contributed by atoms with Gasteiger partial charge in [-0.2, -0.15) is 0 Å². The van der Waals surface area contributed by atoms with Crippen molar-refractivity contribution >= 4 is 17.5 Å². The number of carbonyl (C=O) groups excluding carboxylic acids is 2. The van der Waals surface area contributed by atoms with Crippen molar-refractivity contribution in [3.8, 4) is 0 Å². The van der Waals surface area contributed by atoms with Gasteiger partial charge in [-0.3, -0.25) is 14.5 Å². The van der Waals surface area contributed by atoms with Crippen molar-refractivity contribution in [2.24, 2.45) is 11.1 Å². The molecule has 0 bridgehead atoms. The molecule has 2 atom stereocenters. The van der Waals surface area contributed by atoms with Crippen molar-refractivity contribution in [3.05, 3.63) is 36.5 Å². The van der Waals surface area contributed by atoms with E-state index in [9.17, 15) is 14.0 Å². The normalized spacial score (nSPS) is 24.5. The molecule has 2 fully saturated rings. The number of primary amides is 1. The Labute approximate surface area is 123 Å². The maximum atomic E-state index is 13.4. The minimum atomic E-state index is -0.689. The quantitative estimate of drug-likeness (QED) is 0.907. The first kappa shape index (κ1) is 14.0. The van der Waals surface area contributed by atoms with Crippen molar-refractivity contribution in [2.75, 3.05) is 4.90 Å². The van der Waals surface area contributed by atoms with E-state index in [4.69, 9.17) is 5.73 Å². The molecule has 1 heterocycles. The van der Waals surface area contributed by atoms with Gasteiger partial charge in [0.05, 0.1) is 5.41 Å². The third-order valence-corrected chi connectivity index (χ3v) is 4.58. The fourth-order valence-electron chi connectivity index (χ4n) is 3.54. The van der Waals surface area contributed by atoms with E-state index in [1.165, 1.54) is 23.1 Å². The molecule has 1 saturated heterocycles. The Morgan fingerprint density at radius 1 is 1.43 bits per heavy atom. The van der Waals surface area contributed by atoms with Crippen LogP contribution < -0.4 is 10.6 Å². The van der Waals surface area contributed by atoms with Crippen LogP contribution in [0.4, 0.5) is 10.1 Å². The first-order valence-electron chi connectivity index (χ1n) is 7.24. The molecule has 1 aliphatic carbocycles. The highest BCUT2D eigenvalue weighted by Gasteiger charge is 2.53. The average molecular weight is 289 g/mol. The number of halogens is 1. The second kappa shape index (κ2) is 5.13. The maximum Gasteiger partial charge on any atom is 0.240 e. The van der Waals surface area contributed by atoms with E-state index in [1.807, 2.05) is 0 Å². The van der Waals surface area contributed by atoms with Gasteiger partial charge in [-0.25, -0.2) is 4.39 Å². The SMILES string of the molecule is NC(=O)C1C[C@]2(C[CH]CCC2)C(=O)N1c1cccc(F)c1. The molecule has 1 spiro atoms. The number of nitrogens with zero attached hydrogens (tertiary/aromatic N) is 1. The smallest absolute Gasteiger partial charge is 0.240 e. The van der Waals surface area contributed by atoms with Crippen LogP contribution in [0.15, 0.2) is 24.3 Å². The van der Waals surface area contributed by atoms with Crippen molar-refractivity contribution < 1.29 is 14.0 Å². The summed E-state index contributed by atoms with van der Waals surface area (Å²) in [6.45, 7) is 0. The summed E-state index contributed by atoms with van der Waals surface area (Å²) in [6, 6.07) is 5.08. The maximum absolute atomic E-state index is 13.4. The Morgan fingerprint density at radius 2 is 2.24 bits per heavy atom. The third-order valence-electron chi connectivity index (χ3n) is 4.58. The molecule has 111 valence electrons. The van der Waals surface area contributed by atoms with Crippen molar-refractivity contribution in [1.29, 1.82) is 0 Å². The lowest BCUT2D eigenvalue weighted by Crippen LogP contribution is -2.43. The molecule has 1 unspecified atom stereocenters. The van der Waals surface area contributed by atoms with Gasteiger partial charge in [0.2, 0.25) is 11.8 Å². The first-order chi connectivity index (χ1) is 10.0. The number of amides is 2. The van der Waals surface area contributed by atoms with Gasteiger partial charge in [0.15, 0.2) is 0 Å². The standard InChI is InChI=1S/C16H18FN2O2/c17-11-5-4-6-12(9-11)19-13(14(18)20)10-16(15(19)21)7-2-1-3-8-16/h2,4-6,9,13H,1,3,7-8,10H2,(H2,18,20)/t13?,16-/m1/s1. The van der Waals surface area contributed by atoms with Gasteiger partial charge in [0, 0.05) is 5.69 Å². The number of hydrogen-bond acceptors (Lipinski definition) is 2. The summed E-state index contributed by atoms with van der Waals surface area (Å²) in [4.78, 5) is 26.0. The van der Waals surface area contributed by atoms with Gasteiger partial charge in [-0.1, -0.05) is 18.9 Å². The minimum absolute atomic E-state index is 0.104. The Morgan fingerprint density at radius 3 is 2.86 bits per heavy atom. The Kier molecular flexibility index (Phi) is 3.43. The zero-order chi connectivity index (χ0) is 15.0. The molecule has 2 N–H and O–H groups in total. The molecule has 1 aromatic rings. The molecular formula is C16H18FN2O2. The van der Waals surface area contributed by atoms with Crippen LogP contribution in [0.3, 0.4) is 0 Å². The van der Waals surface area contributed by atoms with E-state index in [0.717, 1.165) is 19.3 Å². The van der Waals surface area contributed by atoms with Gasteiger partial charge < -0.3 is 5.73 Å². The molecule has 2 aliphatic rings. The summed E-state index contributed by atoms with van der Waals surface area (Å²) in [5.41, 5.74) is 5.35. The highest BCUT2D eigenvalue weighted by molar-refractivity contribution is 6.06. The molecule has 3 rings (SSSR count). The van der Waals surface area contributed by atoms with Gasteiger partial charge in [0.25, 0.3) is 0 Å². The lowest BCUT2D eigenvalue weighted by Gasteiger charge is -2.31. The van der Waals surface area contributed by atoms with E-state index in [0.29, 0.717) is 18.5 Å². The number of nitrogens with two attached hydrogens (primary N) is 1. The molecule has 21 heavy (non-hydrogen) atoms. The molecule has 1 aromatic carbocycles. The lowest BCUT2D eigenvalue weighted by atomic mass is 9.72. The highest BCUT2D eigenvalue weighted by Crippen LogP contribution is 2.48. The minimum Gasteiger partial charge on any atom is -0.368 e. The average Bonchev–Trinajstić information content (AvgIpc) is 2.74. The van der Waals surface area contributed by atoms with Gasteiger partial charge >= 0.3 is 0 Å². The number of hydrogen-bond donors (Lipinski definition) is 1. The van der Waals surface area contributed by atoms with Crippen LogP contribution >= 0.6 is 0 Å². The summed E-state index contributed by atoms with van der Waals surface area (Å²) in [5, 5.41) is 0. The predicted octanol–water partition coefficient (Wildman–Crippen LogP) is 2.18. The van der Waals surface area contributed by atoms with Crippen LogP contribution in [-0.2, 0) is 9.59 Å². The molecule has 4 nitrogen and oxygen atoms in total. The summed E-state index contributed by atoms with van der Waals surface area (Å²) in [5.74, 6) is -1.07. The van der Waals surface area contributed by atoms with Crippen LogP contribution in [-0.4, -0.2) is 17.9 Å². The van der Waals surface area contributed by atoms with Crippen molar-refractivity contribution in [2.45, 2.75) is 38.1 Å². The number of rotatable bonds is 2. The Balaban J connectivity index is 2.00. The highest BCUT2D eigenvalue weighted by atomic mass is 19.1. The second-order valence-electron chi connectivity index (χ2n) is 5.94. The number of anilines is 1. The molecule has 0 aromatic heterocycles. The van der Waals surface area contributed by atoms with E-state index in [-0.39, 0.29) is 5.91 Å². The fraction of sp³-hybridized carbons (Fsp3) is 0.438. The van der Waals surface area contributed by atoms with Crippen molar-refractivity contribution in [3.63, 3.8) is 0 Å². The van der Waals surface area contributed by atoms with Gasteiger partial charge in [0.1, 0.15) is 11.9 Å². The van der Waals surface area contributed by atoms with E-state index in [1.54, 1.807) is 6.07 Å². The summed E-state index contributed by atoms with van der Waals surface area (Å²) >= 11 is 0. The molecule has 5 heteroatoms. The molecule has 1 radical (unpaired) electrons. The number of benzene rings is 1.